The minimum absolute atomic E-state index is 0.0547. The quantitative estimate of drug-likeness (QED) is 0.119. The lowest BCUT2D eigenvalue weighted by atomic mass is 9.33. The third kappa shape index (κ3) is 12.1. The van der Waals surface area contributed by atoms with Gasteiger partial charge >= 0.3 is 0 Å². The van der Waals surface area contributed by atoms with Crippen molar-refractivity contribution in [3.8, 4) is 77.9 Å². The summed E-state index contributed by atoms with van der Waals surface area (Å²) in [4.78, 5) is 4.73. The number of hydrogen-bond acceptors (Lipinski definition) is 2. The fourth-order valence-corrected chi connectivity index (χ4v) is 14.5. The fraction of sp³-hybridized carbons (Fsp3) is 0.234. The number of para-hydroxylation sites is 2. The molecule has 482 valence electrons. The van der Waals surface area contributed by atoms with Crippen molar-refractivity contribution in [1.82, 2.24) is 0 Å². The zero-order valence-corrected chi connectivity index (χ0v) is 59.5. The summed E-state index contributed by atoms with van der Waals surface area (Å²) in [5.41, 5.74) is 25.3. The van der Waals surface area contributed by atoms with E-state index in [1.54, 1.807) is 0 Å². The second-order valence-corrected chi connectivity index (χ2v) is 31.7. The van der Waals surface area contributed by atoms with Gasteiger partial charge in [-0.2, -0.15) is 0 Å². The summed E-state index contributed by atoms with van der Waals surface area (Å²) in [6.07, 6.45) is 0. The molecule has 2 nitrogen and oxygen atoms in total. The number of benzene rings is 12. The van der Waals surface area contributed by atoms with Gasteiger partial charge in [-0.3, -0.25) is 0 Å². The topological polar surface area (TPSA) is 6.48 Å². The Morgan fingerprint density at radius 1 is 0.299 bits per heavy atom. The van der Waals surface area contributed by atoms with E-state index in [4.69, 9.17) is 0 Å². The molecule has 0 N–H and O–H groups in total. The smallest absolute Gasteiger partial charge is 0.252 e. The maximum atomic E-state index is 10.4. The van der Waals surface area contributed by atoms with E-state index in [1.165, 1.54) is 33.4 Å². The van der Waals surface area contributed by atoms with Crippen LogP contribution < -0.4 is 26.2 Å². The number of anilines is 6. The van der Waals surface area contributed by atoms with Gasteiger partial charge in [0, 0.05) is 45.0 Å². The van der Waals surface area contributed by atoms with Gasteiger partial charge in [0.1, 0.15) is 0 Å². The zero-order chi connectivity index (χ0) is 73.3. The van der Waals surface area contributed by atoms with Gasteiger partial charge in [-0.1, -0.05) is 347 Å². The van der Waals surface area contributed by atoms with Crippen LogP contribution in [0.3, 0.4) is 0 Å². The molecule has 0 amide bonds. The third-order valence-electron chi connectivity index (χ3n) is 20.1. The predicted octanol–water partition coefficient (Wildman–Crippen LogP) is 24.9. The Morgan fingerprint density at radius 3 is 0.938 bits per heavy atom. The van der Waals surface area contributed by atoms with Crippen molar-refractivity contribution >= 4 is 57.2 Å². The van der Waals surface area contributed by atoms with Crippen LogP contribution in [-0.4, -0.2) is 6.71 Å². The molecule has 0 aliphatic carbocycles. The third-order valence-corrected chi connectivity index (χ3v) is 20.1. The van der Waals surface area contributed by atoms with E-state index in [9.17, 15) is 8.22 Å². The van der Waals surface area contributed by atoms with Crippen molar-refractivity contribution in [2.75, 3.05) is 9.80 Å². The molecular formula is C94H93BN2. The van der Waals surface area contributed by atoms with Crippen LogP contribution in [0.2, 0.25) is 0 Å². The van der Waals surface area contributed by atoms with Crippen LogP contribution in [0.4, 0.5) is 34.1 Å². The first-order chi connectivity index (χ1) is 48.8. The van der Waals surface area contributed by atoms with Gasteiger partial charge in [0.05, 0.1) is 19.6 Å². The van der Waals surface area contributed by atoms with Gasteiger partial charge in [0.2, 0.25) is 0 Å². The Morgan fingerprint density at radius 2 is 0.629 bits per heavy atom. The molecule has 12 aromatic rings. The van der Waals surface area contributed by atoms with Crippen molar-refractivity contribution in [2.45, 2.75) is 144 Å². The summed E-state index contributed by atoms with van der Waals surface area (Å²) in [5.74, 6) is 0.339. The molecule has 3 heteroatoms. The molecule has 2 aliphatic rings. The molecule has 0 atom stereocenters. The minimum atomic E-state index is -0.479. The maximum Gasteiger partial charge on any atom is 0.252 e. The van der Waals surface area contributed by atoms with Crippen LogP contribution in [0.25, 0.3) is 77.9 Å². The van der Waals surface area contributed by atoms with Gasteiger partial charge < -0.3 is 9.80 Å². The molecule has 0 unspecified atom stereocenters. The van der Waals surface area contributed by atoms with Crippen molar-refractivity contribution in [1.29, 1.82) is 0 Å². The fourth-order valence-electron chi connectivity index (χ4n) is 14.5. The Hall–Kier alpha value is -9.70. The molecule has 2 heterocycles. The summed E-state index contributed by atoms with van der Waals surface area (Å²) in [5, 5.41) is 0. The maximum absolute atomic E-state index is 10.4. The number of fused-ring (bicyclic) bond motifs is 4. The summed E-state index contributed by atoms with van der Waals surface area (Å²) >= 11 is 0. The largest absolute Gasteiger partial charge is 0.310 e. The van der Waals surface area contributed by atoms with E-state index in [1.807, 2.05) is 121 Å². The highest BCUT2D eigenvalue weighted by Gasteiger charge is 2.46. The molecular weight excluding hydrogens is 1170 g/mol. The van der Waals surface area contributed by atoms with Gasteiger partial charge in [-0.25, -0.2) is 0 Å². The summed E-state index contributed by atoms with van der Waals surface area (Å²) in [6, 6.07) is 79.4. The summed E-state index contributed by atoms with van der Waals surface area (Å²) in [7, 11) is 0. The molecule has 0 fully saturated rings. The number of nitrogens with zero attached hydrogens (tertiary/aromatic N) is 2. The average Bonchev–Trinajstić information content (AvgIpc) is 0.685. The van der Waals surface area contributed by atoms with Crippen molar-refractivity contribution < 1.29 is 8.22 Å². The van der Waals surface area contributed by atoms with Gasteiger partial charge in [0.15, 0.2) is 0 Å². The Bertz CT molecular complexity index is 4830. The van der Waals surface area contributed by atoms with E-state index >= 15 is 0 Å². The lowest BCUT2D eigenvalue weighted by Crippen LogP contribution is -2.61. The second kappa shape index (κ2) is 24.7. The molecule has 0 spiro atoms. The van der Waals surface area contributed by atoms with E-state index in [0.717, 1.165) is 94.8 Å². The van der Waals surface area contributed by atoms with Crippen LogP contribution in [0.5, 0.6) is 0 Å². The Balaban J connectivity index is 1.24. The first-order valence-corrected chi connectivity index (χ1v) is 34.8. The van der Waals surface area contributed by atoms with E-state index in [-0.39, 0.29) is 69.8 Å². The number of rotatable bonds is 11. The van der Waals surface area contributed by atoms with Gasteiger partial charge in [-0.15, -0.1) is 0 Å². The molecule has 0 saturated heterocycles. The lowest BCUT2D eigenvalue weighted by Gasteiger charge is -2.46. The highest BCUT2D eigenvalue weighted by atomic mass is 15.2. The van der Waals surface area contributed by atoms with Crippen LogP contribution in [0.1, 0.15) is 164 Å². The zero-order valence-electron chi connectivity index (χ0n) is 65.5. The van der Waals surface area contributed by atoms with Crippen LogP contribution >= 0.6 is 0 Å². The minimum Gasteiger partial charge on any atom is -0.310 e. The Kier molecular flexibility index (Phi) is 14.7. The summed E-state index contributed by atoms with van der Waals surface area (Å²) < 4.78 is 61.6. The molecule has 97 heavy (non-hydrogen) atoms. The molecule has 0 saturated carbocycles. The van der Waals surface area contributed by atoms with Crippen LogP contribution in [0, 0.1) is 0 Å². The molecule has 2 aliphatic heterocycles. The molecule has 0 aromatic heterocycles. The van der Waals surface area contributed by atoms with E-state index in [2.05, 4.69) is 224 Å². The van der Waals surface area contributed by atoms with Crippen molar-refractivity contribution in [3.63, 3.8) is 0 Å². The average molecular weight is 1270 g/mol. The monoisotopic (exact) mass is 1270 g/mol. The standard InChI is InChI=1S/C94H93BN2/c1-60(2)66-43-46-76(81(53-66)61(3)4)71-56-86-88-87(57-71)97(90-79(64-35-25-19-26-36-64)41-30-42-80(90)65-37-27-20-28-38-65)85-55-68(70-51-74(93(11,12)13)59-75(52-70)94(14,15)16)45-48-83(85)95(88)82-47-44-67(69-49-72(91(5,6)7)58-73(50-69)92(8,9)10)54-84(82)96(86)89-77(62-31-21-17-22-32-62)39-29-40-78(89)63-33-23-18-24-34-63/h17-61H,1-16H3/i29D,30D,39D,40D,41D,42D. The first-order valence-electron chi connectivity index (χ1n) is 37.8. The first kappa shape index (κ1) is 57.5. The molecule has 14 rings (SSSR count). The van der Waals surface area contributed by atoms with Crippen molar-refractivity contribution in [2.24, 2.45) is 0 Å². The molecule has 12 aromatic carbocycles. The van der Waals surface area contributed by atoms with Gasteiger partial charge in [-0.05, 0) is 163 Å². The van der Waals surface area contributed by atoms with E-state index in [0.29, 0.717) is 33.6 Å². The van der Waals surface area contributed by atoms with Crippen molar-refractivity contribution in [3.05, 3.63) is 294 Å². The molecule has 0 radical (unpaired) electrons. The lowest BCUT2D eigenvalue weighted by molar-refractivity contribution is 0.568. The van der Waals surface area contributed by atoms with Gasteiger partial charge in [0.25, 0.3) is 6.71 Å². The van der Waals surface area contributed by atoms with E-state index < -0.39 is 6.71 Å². The SMILES string of the molecule is [2H]c1c([2H])c(-c2ccccc2)c(N2c3cc(-c4cc(C(C)(C)C)cc(C(C)(C)C)c4)ccc3B3c4ccc(-c5cc(C(C)(C)C)cc(C(C)(C)C)c5)cc4N(c4c(-c5ccccc5)c([2H])c([2H])c([2H])c4-c4ccccc4)c4cc(-c5ccc(C(C)C)cc5C(C)C)cc2c43)c(-c2ccccc2)c1[2H]. The second-order valence-electron chi connectivity index (χ2n) is 31.7. The van der Waals surface area contributed by atoms with Crippen LogP contribution in [-0.2, 0) is 21.7 Å². The highest BCUT2D eigenvalue weighted by molar-refractivity contribution is 7.00. The predicted molar refractivity (Wildman–Crippen MR) is 421 cm³/mol. The Labute approximate surface area is 588 Å². The molecule has 0 bridgehead atoms. The normalized spacial score (nSPS) is 13.9. The number of hydrogen-bond donors (Lipinski definition) is 0. The summed E-state index contributed by atoms with van der Waals surface area (Å²) in [6.45, 7) is 36.0. The highest BCUT2D eigenvalue weighted by Crippen LogP contribution is 2.55. The van der Waals surface area contributed by atoms with Crippen LogP contribution in [0.15, 0.2) is 261 Å².